The van der Waals surface area contributed by atoms with Gasteiger partial charge in [-0.25, -0.2) is 0 Å². The predicted molar refractivity (Wildman–Crippen MR) is 288 cm³/mol. The van der Waals surface area contributed by atoms with Gasteiger partial charge in [0.2, 0.25) is 5.71 Å². The Bertz CT molecular complexity index is 3810. The molecule has 332 valence electrons. The molecule has 0 aliphatic carbocycles. The Morgan fingerprint density at radius 3 is 1.65 bits per heavy atom. The summed E-state index contributed by atoms with van der Waals surface area (Å²) in [6.45, 7) is 20.6. The van der Waals surface area contributed by atoms with Gasteiger partial charge >= 0.3 is 0 Å². The Labute approximate surface area is 398 Å². The van der Waals surface area contributed by atoms with Crippen molar-refractivity contribution < 1.29 is 8.83 Å². The van der Waals surface area contributed by atoms with E-state index in [4.69, 9.17) is 8.83 Å². The molecular formula is C62H54BN3O2. The summed E-state index contributed by atoms with van der Waals surface area (Å²) in [6.07, 6.45) is 0. The molecule has 0 saturated heterocycles. The van der Waals surface area contributed by atoms with E-state index in [-0.39, 0.29) is 23.0 Å². The van der Waals surface area contributed by atoms with Crippen LogP contribution in [-0.2, 0) is 16.2 Å². The molecule has 0 spiro atoms. The van der Waals surface area contributed by atoms with Crippen molar-refractivity contribution in [3.05, 3.63) is 180 Å². The number of anilines is 6. The van der Waals surface area contributed by atoms with E-state index >= 15 is 0 Å². The van der Waals surface area contributed by atoms with Crippen molar-refractivity contribution >= 4 is 112 Å². The van der Waals surface area contributed by atoms with Crippen molar-refractivity contribution in [2.75, 3.05) is 9.80 Å². The normalized spacial score (nSPS) is 13.6. The van der Waals surface area contributed by atoms with Crippen LogP contribution < -0.4 is 26.2 Å². The summed E-state index contributed by atoms with van der Waals surface area (Å²) in [7, 11) is 0. The number of rotatable bonds is 4. The molecule has 0 N–H and O–H groups in total. The molecule has 5 heterocycles. The highest BCUT2D eigenvalue weighted by Crippen LogP contribution is 2.49. The second-order valence-electron chi connectivity index (χ2n) is 22.2. The van der Waals surface area contributed by atoms with E-state index in [1.54, 1.807) is 0 Å². The largest absolute Gasteiger partial charge is 0.454 e. The Morgan fingerprint density at radius 2 is 0.985 bits per heavy atom. The molecule has 3 aromatic heterocycles. The average molecular weight is 884 g/mol. The van der Waals surface area contributed by atoms with E-state index in [0.29, 0.717) is 0 Å². The highest BCUT2D eigenvalue weighted by molar-refractivity contribution is 7.00. The molecule has 2 aliphatic heterocycles. The fourth-order valence-corrected chi connectivity index (χ4v) is 11.3. The number of aromatic nitrogens is 1. The summed E-state index contributed by atoms with van der Waals surface area (Å²) in [5, 5.41) is 5.72. The molecular weight excluding hydrogens is 830 g/mol. The monoisotopic (exact) mass is 883 g/mol. The van der Waals surface area contributed by atoms with Gasteiger partial charge in [0.25, 0.3) is 6.71 Å². The van der Waals surface area contributed by atoms with E-state index < -0.39 is 0 Å². The molecule has 0 amide bonds. The fourth-order valence-electron chi connectivity index (χ4n) is 11.3. The third-order valence-corrected chi connectivity index (χ3v) is 14.9. The molecule has 68 heavy (non-hydrogen) atoms. The van der Waals surface area contributed by atoms with Crippen molar-refractivity contribution in [3.8, 4) is 5.69 Å². The van der Waals surface area contributed by atoms with Crippen LogP contribution in [0.1, 0.15) is 79.0 Å². The number of hydrogen-bond donors (Lipinski definition) is 0. The molecule has 11 aromatic rings. The maximum Gasteiger partial charge on any atom is 0.252 e. The smallest absolute Gasteiger partial charge is 0.252 e. The lowest BCUT2D eigenvalue weighted by Crippen LogP contribution is -2.60. The minimum Gasteiger partial charge on any atom is -0.454 e. The van der Waals surface area contributed by atoms with Gasteiger partial charge < -0.3 is 18.6 Å². The van der Waals surface area contributed by atoms with Gasteiger partial charge in [0.05, 0.1) is 16.6 Å². The second kappa shape index (κ2) is 14.1. The van der Waals surface area contributed by atoms with Crippen molar-refractivity contribution in [2.45, 2.75) is 78.6 Å². The maximum absolute atomic E-state index is 6.96. The lowest BCUT2D eigenvalue weighted by molar-refractivity contribution is 0.589. The molecule has 0 saturated carbocycles. The van der Waals surface area contributed by atoms with E-state index in [0.717, 1.165) is 83.8 Å². The molecule has 0 atom stereocenters. The first-order valence-electron chi connectivity index (χ1n) is 24.1. The van der Waals surface area contributed by atoms with Crippen LogP contribution in [0, 0.1) is 0 Å². The number of nitrogens with zero attached hydrogens (tertiary/aromatic N) is 3. The summed E-state index contributed by atoms with van der Waals surface area (Å²) < 4.78 is 16.3. The standard InChI is InChI=1S/C62H54BN3O2/c1-60(2,3)37-24-28-40(29-25-37)64(41-30-26-38(27-31-41)61(4,5)6)42-32-33-47-50(36-42)65(49-21-15-18-44-43-16-10-12-22-53(43)67-58(44)49)51-34-39(62(7,8)9)35-52-56(51)63(47)48-20-14-19-46-55-45-17-11-13-23-54(45)68-59(55)66(52)57(46)48/h10-36H,1-9H3. The zero-order valence-electron chi connectivity index (χ0n) is 40.3. The van der Waals surface area contributed by atoms with E-state index in [1.807, 2.05) is 0 Å². The SMILES string of the molecule is CC(C)(C)c1ccc(N(c2ccc(C(C)(C)C)cc2)c2ccc3c(c2)N(c2cccc4c2oc2ccccc24)c2cc(C(C)(C)C)cc4c2B3c2cccc3c5c6ccccc6oc5n-4c23)cc1. The molecule has 0 fully saturated rings. The zero-order chi connectivity index (χ0) is 46.6. The van der Waals surface area contributed by atoms with Crippen molar-refractivity contribution in [1.29, 1.82) is 0 Å². The van der Waals surface area contributed by atoms with Gasteiger partial charge in [0, 0.05) is 55.7 Å². The molecule has 5 nitrogen and oxygen atoms in total. The van der Waals surface area contributed by atoms with Crippen LogP contribution in [0.5, 0.6) is 0 Å². The summed E-state index contributed by atoms with van der Waals surface area (Å²) in [6, 6.07) is 60.8. The Balaban J connectivity index is 1.14. The molecule has 0 unspecified atom stereocenters. The highest BCUT2D eigenvalue weighted by Gasteiger charge is 2.44. The minimum atomic E-state index is -0.175. The third kappa shape index (κ3) is 5.89. The summed E-state index contributed by atoms with van der Waals surface area (Å²) >= 11 is 0. The molecule has 13 rings (SSSR count). The maximum atomic E-state index is 6.96. The number of fused-ring (bicyclic) bond motifs is 12. The van der Waals surface area contributed by atoms with Gasteiger partial charge in [-0.15, -0.1) is 0 Å². The van der Waals surface area contributed by atoms with Gasteiger partial charge in [-0.05, 0) is 116 Å². The van der Waals surface area contributed by atoms with Crippen molar-refractivity contribution in [3.63, 3.8) is 0 Å². The van der Waals surface area contributed by atoms with Crippen molar-refractivity contribution in [2.24, 2.45) is 0 Å². The summed E-state index contributed by atoms with van der Waals surface area (Å²) in [4.78, 5) is 4.94. The minimum absolute atomic E-state index is 0.0260. The first-order valence-corrected chi connectivity index (χ1v) is 24.1. The van der Waals surface area contributed by atoms with Crippen LogP contribution >= 0.6 is 0 Å². The van der Waals surface area contributed by atoms with E-state index in [2.05, 4.69) is 240 Å². The Kier molecular flexibility index (Phi) is 8.43. The van der Waals surface area contributed by atoms with Crippen LogP contribution in [0.2, 0.25) is 0 Å². The lowest BCUT2D eigenvalue weighted by Gasteiger charge is -2.41. The topological polar surface area (TPSA) is 37.7 Å². The summed E-state index contributed by atoms with van der Waals surface area (Å²) in [5.74, 6) is 0. The Hall–Kier alpha value is -7.44. The van der Waals surface area contributed by atoms with Crippen LogP contribution in [-0.4, -0.2) is 11.3 Å². The van der Waals surface area contributed by atoms with Gasteiger partial charge in [-0.3, -0.25) is 4.57 Å². The van der Waals surface area contributed by atoms with Crippen molar-refractivity contribution in [1.82, 2.24) is 4.57 Å². The molecule has 6 heteroatoms. The van der Waals surface area contributed by atoms with E-state index in [9.17, 15) is 0 Å². The first kappa shape index (κ1) is 40.8. The highest BCUT2D eigenvalue weighted by atomic mass is 16.3. The lowest BCUT2D eigenvalue weighted by atomic mass is 9.33. The van der Waals surface area contributed by atoms with Crippen LogP contribution in [0.3, 0.4) is 0 Å². The number of benzene rings is 8. The molecule has 0 bridgehead atoms. The third-order valence-electron chi connectivity index (χ3n) is 14.9. The predicted octanol–water partition coefficient (Wildman–Crippen LogP) is 15.4. The average Bonchev–Trinajstić information content (AvgIpc) is 3.99. The Morgan fingerprint density at radius 1 is 0.426 bits per heavy atom. The van der Waals surface area contributed by atoms with Gasteiger partial charge in [-0.2, -0.15) is 0 Å². The van der Waals surface area contributed by atoms with Crippen LogP contribution in [0.25, 0.3) is 60.6 Å². The van der Waals surface area contributed by atoms with Crippen LogP contribution in [0.4, 0.5) is 34.1 Å². The molecule has 2 aliphatic rings. The number of para-hydroxylation sites is 4. The quantitative estimate of drug-likeness (QED) is 0.165. The first-order chi connectivity index (χ1) is 32.6. The fraction of sp³-hybridized carbons (Fsp3) is 0.194. The van der Waals surface area contributed by atoms with E-state index in [1.165, 1.54) is 44.0 Å². The molecule has 8 aromatic carbocycles. The van der Waals surface area contributed by atoms with Gasteiger partial charge in [-0.1, -0.05) is 159 Å². The number of furan rings is 2. The summed E-state index contributed by atoms with van der Waals surface area (Å²) in [5.41, 5.74) is 20.0. The molecule has 0 radical (unpaired) electrons. The van der Waals surface area contributed by atoms with Gasteiger partial charge in [0.1, 0.15) is 11.2 Å². The van der Waals surface area contributed by atoms with Crippen LogP contribution in [0.15, 0.2) is 173 Å². The van der Waals surface area contributed by atoms with Gasteiger partial charge in [0.15, 0.2) is 5.58 Å². The second-order valence-corrected chi connectivity index (χ2v) is 22.2. The number of hydrogen-bond acceptors (Lipinski definition) is 4. The zero-order valence-corrected chi connectivity index (χ0v) is 40.3.